The van der Waals surface area contributed by atoms with Crippen LogP contribution in [0.25, 0.3) is 0 Å². The van der Waals surface area contributed by atoms with E-state index in [1.165, 1.54) is 4.31 Å². The van der Waals surface area contributed by atoms with E-state index in [1.807, 2.05) is 11.5 Å². The highest BCUT2D eigenvalue weighted by atomic mass is 35.5. The zero-order valence-corrected chi connectivity index (χ0v) is 14.3. The molecule has 1 aromatic heterocycles. The first-order valence-electron chi connectivity index (χ1n) is 7.11. The van der Waals surface area contributed by atoms with Crippen LogP contribution in [-0.2, 0) is 22.4 Å². The molecule has 0 aliphatic rings. The maximum atomic E-state index is 12.6. The number of alkyl halides is 1. The number of rotatable bonds is 8. The fourth-order valence-electron chi connectivity index (χ4n) is 2.23. The third-order valence-electron chi connectivity index (χ3n) is 3.57. The van der Waals surface area contributed by atoms with Crippen LogP contribution in [0, 0.1) is 0 Å². The average molecular weight is 321 g/mol. The van der Waals surface area contributed by atoms with Gasteiger partial charge in [-0.1, -0.05) is 20.3 Å². The number of nitrogens with zero attached hydrogens (tertiary/aromatic N) is 2. The van der Waals surface area contributed by atoms with E-state index < -0.39 is 10.0 Å². The number of aryl methyl sites for hydroxylation is 1. The maximum Gasteiger partial charge on any atom is 0.244 e. The third kappa shape index (κ3) is 3.77. The van der Waals surface area contributed by atoms with Gasteiger partial charge in [-0.2, -0.15) is 4.31 Å². The van der Waals surface area contributed by atoms with Crippen LogP contribution in [-0.4, -0.2) is 30.4 Å². The smallest absolute Gasteiger partial charge is 0.244 e. The fraction of sp³-hybridized carbons (Fsp3) is 0.714. The molecule has 0 fully saturated rings. The molecule has 0 aliphatic heterocycles. The van der Waals surface area contributed by atoms with Crippen LogP contribution in [0.3, 0.4) is 0 Å². The lowest BCUT2D eigenvalue weighted by Gasteiger charge is -2.23. The zero-order valence-electron chi connectivity index (χ0n) is 12.8. The van der Waals surface area contributed by atoms with Crippen molar-refractivity contribution in [2.24, 2.45) is 0 Å². The molecule has 6 heteroatoms. The second kappa shape index (κ2) is 7.48. The topological polar surface area (TPSA) is 42.3 Å². The highest BCUT2D eigenvalue weighted by molar-refractivity contribution is 7.89. The lowest BCUT2D eigenvalue weighted by Crippen LogP contribution is -2.34. The van der Waals surface area contributed by atoms with Gasteiger partial charge < -0.3 is 4.57 Å². The summed E-state index contributed by atoms with van der Waals surface area (Å²) in [7, 11) is -1.79. The monoisotopic (exact) mass is 320 g/mol. The van der Waals surface area contributed by atoms with Gasteiger partial charge in [0.05, 0.1) is 5.88 Å². The second-order valence-corrected chi connectivity index (χ2v) is 7.42. The van der Waals surface area contributed by atoms with E-state index in [1.54, 1.807) is 19.3 Å². The Kier molecular flexibility index (Phi) is 6.55. The fourth-order valence-corrected chi connectivity index (χ4v) is 3.92. The molecule has 0 aromatic carbocycles. The molecule has 20 heavy (non-hydrogen) atoms. The van der Waals surface area contributed by atoms with E-state index in [-0.39, 0.29) is 6.04 Å². The van der Waals surface area contributed by atoms with Gasteiger partial charge in [0.25, 0.3) is 0 Å². The zero-order chi connectivity index (χ0) is 15.3. The quantitative estimate of drug-likeness (QED) is 0.688. The van der Waals surface area contributed by atoms with Crippen molar-refractivity contribution in [2.45, 2.75) is 63.4 Å². The number of hydrogen-bond donors (Lipinski definition) is 0. The summed E-state index contributed by atoms with van der Waals surface area (Å²) in [4.78, 5) is 0.340. The van der Waals surface area contributed by atoms with Crippen molar-refractivity contribution in [1.29, 1.82) is 0 Å². The predicted octanol–water partition coefficient (Wildman–Crippen LogP) is 3.45. The summed E-state index contributed by atoms with van der Waals surface area (Å²) >= 11 is 5.89. The highest BCUT2D eigenvalue weighted by Gasteiger charge is 2.26. The molecule has 0 saturated heterocycles. The summed E-state index contributed by atoms with van der Waals surface area (Å²) in [5.74, 6) is 0.323. The first-order chi connectivity index (χ1) is 9.38. The number of halogens is 1. The van der Waals surface area contributed by atoms with E-state index in [4.69, 9.17) is 11.6 Å². The molecule has 1 aromatic rings. The van der Waals surface area contributed by atoms with Gasteiger partial charge in [-0.05, 0) is 25.8 Å². The molecule has 0 N–H and O–H groups in total. The Morgan fingerprint density at radius 1 is 1.35 bits per heavy atom. The van der Waals surface area contributed by atoms with Crippen molar-refractivity contribution in [3.63, 3.8) is 0 Å². The summed E-state index contributed by atoms with van der Waals surface area (Å²) in [5.41, 5.74) is 0.851. The van der Waals surface area contributed by atoms with E-state index in [2.05, 4.69) is 13.8 Å². The van der Waals surface area contributed by atoms with Gasteiger partial charge in [0, 0.05) is 31.5 Å². The van der Waals surface area contributed by atoms with Crippen LogP contribution < -0.4 is 0 Å². The van der Waals surface area contributed by atoms with E-state index >= 15 is 0 Å². The Labute approximate surface area is 127 Å². The summed E-state index contributed by atoms with van der Waals surface area (Å²) in [5, 5.41) is 0. The molecule has 116 valence electrons. The first-order valence-corrected chi connectivity index (χ1v) is 9.08. The average Bonchev–Trinajstić information content (AvgIpc) is 2.82. The van der Waals surface area contributed by atoms with Crippen LogP contribution in [0.4, 0.5) is 0 Å². The standard InChI is InChI=1S/C14H25ClN2O2S/c1-5-7-12(3)16(4)20(18,19)14-9-13(10-15)17(11-14)8-6-2/h9,11-12H,5-8,10H2,1-4H3. The molecule has 1 rings (SSSR count). The highest BCUT2D eigenvalue weighted by Crippen LogP contribution is 2.22. The molecular weight excluding hydrogens is 296 g/mol. The van der Waals surface area contributed by atoms with Crippen LogP contribution in [0.15, 0.2) is 17.2 Å². The minimum atomic E-state index is -3.44. The largest absolute Gasteiger partial charge is 0.349 e. The molecule has 0 aliphatic carbocycles. The minimum absolute atomic E-state index is 0.000948. The number of aromatic nitrogens is 1. The third-order valence-corrected chi connectivity index (χ3v) is 5.78. The van der Waals surface area contributed by atoms with E-state index in [0.29, 0.717) is 10.8 Å². The van der Waals surface area contributed by atoms with Crippen molar-refractivity contribution >= 4 is 21.6 Å². The van der Waals surface area contributed by atoms with Crippen LogP contribution in [0.5, 0.6) is 0 Å². The SMILES string of the molecule is CCCC(C)N(C)S(=O)(=O)c1cc(CCl)n(CCC)c1. The van der Waals surface area contributed by atoms with Crippen molar-refractivity contribution in [1.82, 2.24) is 8.87 Å². The van der Waals surface area contributed by atoms with Crippen LogP contribution >= 0.6 is 11.6 Å². The summed E-state index contributed by atoms with van der Waals surface area (Å²) in [6, 6.07) is 1.69. The molecular formula is C14H25ClN2O2S. The van der Waals surface area contributed by atoms with Crippen molar-refractivity contribution in [3.05, 3.63) is 18.0 Å². The molecule has 1 heterocycles. The van der Waals surface area contributed by atoms with Gasteiger partial charge in [-0.15, -0.1) is 11.6 Å². The van der Waals surface area contributed by atoms with Crippen LogP contribution in [0.1, 0.15) is 45.7 Å². The van der Waals surface area contributed by atoms with Gasteiger partial charge in [0.15, 0.2) is 0 Å². The predicted molar refractivity (Wildman–Crippen MR) is 83.6 cm³/mol. The second-order valence-electron chi connectivity index (χ2n) is 5.15. The lowest BCUT2D eigenvalue weighted by molar-refractivity contribution is 0.368. The molecule has 0 amide bonds. The summed E-state index contributed by atoms with van der Waals surface area (Å²) in [6.45, 7) is 6.83. The molecule has 1 unspecified atom stereocenters. The maximum absolute atomic E-state index is 12.6. The molecule has 0 spiro atoms. The molecule has 4 nitrogen and oxygen atoms in total. The molecule has 1 atom stereocenters. The Morgan fingerprint density at radius 3 is 2.50 bits per heavy atom. The Hall–Kier alpha value is -0.520. The molecule has 0 bridgehead atoms. The Morgan fingerprint density at radius 2 is 2.00 bits per heavy atom. The summed E-state index contributed by atoms with van der Waals surface area (Å²) in [6.07, 6.45) is 4.46. The Bertz CT molecular complexity index is 525. The van der Waals surface area contributed by atoms with Gasteiger partial charge in [0.1, 0.15) is 4.90 Å². The van der Waals surface area contributed by atoms with Gasteiger partial charge in [0.2, 0.25) is 10.0 Å². The minimum Gasteiger partial charge on any atom is -0.349 e. The van der Waals surface area contributed by atoms with Crippen LogP contribution in [0.2, 0.25) is 0 Å². The number of sulfonamides is 1. The van der Waals surface area contributed by atoms with Gasteiger partial charge in [-0.3, -0.25) is 0 Å². The van der Waals surface area contributed by atoms with E-state index in [9.17, 15) is 8.42 Å². The van der Waals surface area contributed by atoms with Crippen molar-refractivity contribution in [2.75, 3.05) is 7.05 Å². The first kappa shape index (κ1) is 17.5. The van der Waals surface area contributed by atoms with Gasteiger partial charge >= 0.3 is 0 Å². The molecule has 0 saturated carbocycles. The van der Waals surface area contributed by atoms with E-state index in [0.717, 1.165) is 31.5 Å². The normalized spacial score (nSPS) is 13.9. The lowest BCUT2D eigenvalue weighted by atomic mass is 10.2. The number of hydrogen-bond acceptors (Lipinski definition) is 2. The summed E-state index contributed by atoms with van der Waals surface area (Å²) < 4.78 is 28.6. The van der Waals surface area contributed by atoms with Crippen molar-refractivity contribution in [3.8, 4) is 0 Å². The van der Waals surface area contributed by atoms with Gasteiger partial charge in [-0.25, -0.2) is 8.42 Å². The molecule has 0 radical (unpaired) electrons. The Balaban J connectivity index is 3.09. The van der Waals surface area contributed by atoms with Crippen molar-refractivity contribution < 1.29 is 8.42 Å².